The number of rotatable bonds is 8. The van der Waals surface area contributed by atoms with Crippen LogP contribution in [0.2, 0.25) is 0 Å². The molecule has 1 aliphatic rings. The van der Waals surface area contributed by atoms with Crippen molar-refractivity contribution in [1.29, 1.82) is 0 Å². The standard InChI is InChI=1S/C16H23N3OS/c1-2-19(14-8-9-14)16(20)12-18(11-10-15(17)21)13-6-4-3-5-7-13/h3-7,14H,2,8-12H2,1H3,(H2,17,21). The van der Waals surface area contributed by atoms with E-state index < -0.39 is 0 Å². The number of hydrogen-bond acceptors (Lipinski definition) is 3. The SMILES string of the molecule is CCN(C(=O)CN(CCC(N)=S)c1ccccc1)C1CC1. The first-order valence-corrected chi connectivity index (χ1v) is 7.90. The van der Waals surface area contributed by atoms with Crippen molar-refractivity contribution in [2.45, 2.75) is 32.2 Å². The number of anilines is 1. The van der Waals surface area contributed by atoms with Gasteiger partial charge in [0.2, 0.25) is 5.91 Å². The number of hydrogen-bond donors (Lipinski definition) is 1. The summed E-state index contributed by atoms with van der Waals surface area (Å²) in [6, 6.07) is 10.4. The largest absolute Gasteiger partial charge is 0.393 e. The molecule has 0 aromatic heterocycles. The van der Waals surface area contributed by atoms with Crippen molar-refractivity contribution >= 4 is 28.8 Å². The predicted molar refractivity (Wildman–Crippen MR) is 90.5 cm³/mol. The first-order chi connectivity index (χ1) is 10.1. The van der Waals surface area contributed by atoms with Gasteiger partial charge in [0, 0.05) is 31.2 Å². The molecule has 0 unspecified atom stereocenters. The average molecular weight is 305 g/mol. The number of carbonyl (C=O) groups excluding carboxylic acids is 1. The van der Waals surface area contributed by atoms with Crippen molar-refractivity contribution in [3.63, 3.8) is 0 Å². The molecule has 1 aliphatic carbocycles. The lowest BCUT2D eigenvalue weighted by atomic mass is 10.2. The maximum absolute atomic E-state index is 12.5. The van der Waals surface area contributed by atoms with E-state index in [1.165, 1.54) is 0 Å². The molecule has 1 aromatic carbocycles. The molecule has 114 valence electrons. The monoisotopic (exact) mass is 305 g/mol. The minimum Gasteiger partial charge on any atom is -0.393 e. The third-order valence-corrected chi connectivity index (χ3v) is 3.93. The van der Waals surface area contributed by atoms with Crippen molar-refractivity contribution in [3.8, 4) is 0 Å². The van der Waals surface area contributed by atoms with Crippen LogP contribution in [0.5, 0.6) is 0 Å². The van der Waals surface area contributed by atoms with Gasteiger partial charge in [0.15, 0.2) is 0 Å². The molecule has 5 heteroatoms. The molecular formula is C16H23N3OS. The van der Waals surface area contributed by atoms with Crippen molar-refractivity contribution in [2.24, 2.45) is 5.73 Å². The molecule has 1 saturated carbocycles. The quantitative estimate of drug-likeness (QED) is 0.748. The second-order valence-electron chi connectivity index (χ2n) is 5.38. The molecule has 1 fully saturated rings. The summed E-state index contributed by atoms with van der Waals surface area (Å²) in [6.45, 7) is 3.88. The maximum Gasteiger partial charge on any atom is 0.242 e. The lowest BCUT2D eigenvalue weighted by Gasteiger charge is -2.28. The molecule has 0 atom stereocenters. The lowest BCUT2D eigenvalue weighted by Crippen LogP contribution is -2.42. The number of carbonyl (C=O) groups is 1. The second-order valence-corrected chi connectivity index (χ2v) is 5.91. The zero-order valence-electron chi connectivity index (χ0n) is 12.5. The first kappa shape index (κ1) is 15.8. The molecule has 0 radical (unpaired) electrons. The molecule has 0 heterocycles. The fourth-order valence-electron chi connectivity index (χ4n) is 2.46. The summed E-state index contributed by atoms with van der Waals surface area (Å²) in [6.07, 6.45) is 2.89. The van der Waals surface area contributed by atoms with Crippen LogP contribution < -0.4 is 10.6 Å². The lowest BCUT2D eigenvalue weighted by molar-refractivity contribution is -0.130. The van der Waals surface area contributed by atoms with Crippen LogP contribution in [-0.4, -0.2) is 41.5 Å². The Morgan fingerprint density at radius 1 is 1.33 bits per heavy atom. The molecule has 0 saturated heterocycles. The highest BCUT2D eigenvalue weighted by Gasteiger charge is 2.31. The van der Waals surface area contributed by atoms with Crippen LogP contribution in [0, 0.1) is 0 Å². The summed E-state index contributed by atoms with van der Waals surface area (Å²) < 4.78 is 0. The topological polar surface area (TPSA) is 49.6 Å². The van der Waals surface area contributed by atoms with Gasteiger partial charge in [-0.05, 0) is 31.9 Å². The van der Waals surface area contributed by atoms with Gasteiger partial charge in [-0.2, -0.15) is 0 Å². The van der Waals surface area contributed by atoms with E-state index in [0.717, 1.165) is 25.1 Å². The van der Waals surface area contributed by atoms with Crippen LogP contribution in [0.3, 0.4) is 0 Å². The Labute approximate surface area is 131 Å². The van der Waals surface area contributed by atoms with E-state index in [2.05, 4.69) is 4.90 Å². The van der Waals surface area contributed by atoms with Crippen LogP contribution >= 0.6 is 12.2 Å². The van der Waals surface area contributed by atoms with Gasteiger partial charge >= 0.3 is 0 Å². The van der Waals surface area contributed by atoms with E-state index in [4.69, 9.17) is 18.0 Å². The van der Waals surface area contributed by atoms with E-state index >= 15 is 0 Å². The van der Waals surface area contributed by atoms with Gasteiger partial charge in [0.05, 0.1) is 11.5 Å². The third kappa shape index (κ3) is 4.70. The summed E-state index contributed by atoms with van der Waals surface area (Å²) in [5.41, 5.74) is 6.64. The fraction of sp³-hybridized carbons (Fsp3) is 0.500. The second kappa shape index (κ2) is 7.41. The molecule has 1 amide bonds. The number of para-hydroxylation sites is 1. The molecular weight excluding hydrogens is 282 g/mol. The Morgan fingerprint density at radius 2 is 2.00 bits per heavy atom. The molecule has 0 bridgehead atoms. The van der Waals surface area contributed by atoms with E-state index in [9.17, 15) is 4.79 Å². The number of nitrogens with zero attached hydrogens (tertiary/aromatic N) is 2. The zero-order valence-corrected chi connectivity index (χ0v) is 13.3. The van der Waals surface area contributed by atoms with Crippen LogP contribution in [0.25, 0.3) is 0 Å². The normalized spacial score (nSPS) is 13.8. The van der Waals surface area contributed by atoms with Gasteiger partial charge in [-0.1, -0.05) is 30.4 Å². The molecule has 4 nitrogen and oxygen atoms in total. The Morgan fingerprint density at radius 3 is 2.52 bits per heavy atom. The van der Waals surface area contributed by atoms with Crippen molar-refractivity contribution in [2.75, 3.05) is 24.5 Å². The van der Waals surface area contributed by atoms with Crippen molar-refractivity contribution < 1.29 is 4.79 Å². The number of thiocarbonyl (C=S) groups is 1. The summed E-state index contributed by atoms with van der Waals surface area (Å²) in [7, 11) is 0. The summed E-state index contributed by atoms with van der Waals surface area (Å²) >= 11 is 4.96. The van der Waals surface area contributed by atoms with Crippen LogP contribution in [-0.2, 0) is 4.79 Å². The first-order valence-electron chi connectivity index (χ1n) is 7.49. The smallest absolute Gasteiger partial charge is 0.242 e. The average Bonchev–Trinajstić information content (AvgIpc) is 3.29. The Balaban J connectivity index is 2.04. The fourth-order valence-corrected chi connectivity index (χ4v) is 2.55. The van der Waals surface area contributed by atoms with Crippen LogP contribution in [0.1, 0.15) is 26.2 Å². The molecule has 0 spiro atoms. The van der Waals surface area contributed by atoms with Gasteiger partial charge < -0.3 is 15.5 Å². The van der Waals surface area contributed by atoms with E-state index in [1.54, 1.807) is 0 Å². The van der Waals surface area contributed by atoms with E-state index in [1.807, 2.05) is 42.2 Å². The maximum atomic E-state index is 12.5. The van der Waals surface area contributed by atoms with Gasteiger partial charge in [-0.25, -0.2) is 0 Å². The number of benzene rings is 1. The van der Waals surface area contributed by atoms with E-state index in [-0.39, 0.29) is 5.91 Å². The highest BCUT2D eigenvalue weighted by atomic mass is 32.1. The van der Waals surface area contributed by atoms with Crippen LogP contribution in [0.15, 0.2) is 30.3 Å². The molecule has 21 heavy (non-hydrogen) atoms. The van der Waals surface area contributed by atoms with E-state index in [0.29, 0.717) is 30.5 Å². The van der Waals surface area contributed by atoms with Crippen molar-refractivity contribution in [1.82, 2.24) is 4.90 Å². The third-order valence-electron chi connectivity index (χ3n) is 3.72. The number of likely N-dealkylation sites (N-methyl/N-ethyl adjacent to an activating group) is 1. The summed E-state index contributed by atoms with van der Waals surface area (Å²) in [4.78, 5) is 17.0. The molecule has 2 rings (SSSR count). The van der Waals surface area contributed by atoms with Gasteiger partial charge in [0.1, 0.15) is 0 Å². The van der Waals surface area contributed by atoms with Crippen molar-refractivity contribution in [3.05, 3.63) is 30.3 Å². The van der Waals surface area contributed by atoms with Crippen LogP contribution in [0.4, 0.5) is 5.69 Å². The van der Waals surface area contributed by atoms with Gasteiger partial charge in [-0.3, -0.25) is 4.79 Å². The molecule has 2 N–H and O–H groups in total. The minimum atomic E-state index is 0.187. The number of nitrogens with two attached hydrogens (primary N) is 1. The Bertz CT molecular complexity index is 488. The van der Waals surface area contributed by atoms with Gasteiger partial charge in [0.25, 0.3) is 0 Å². The highest BCUT2D eigenvalue weighted by molar-refractivity contribution is 7.80. The summed E-state index contributed by atoms with van der Waals surface area (Å²) in [5.74, 6) is 0.187. The molecule has 1 aromatic rings. The zero-order chi connectivity index (χ0) is 15.2. The minimum absolute atomic E-state index is 0.187. The number of amides is 1. The van der Waals surface area contributed by atoms with Gasteiger partial charge in [-0.15, -0.1) is 0 Å². The Kier molecular flexibility index (Phi) is 5.56. The highest BCUT2D eigenvalue weighted by Crippen LogP contribution is 2.27. The Hall–Kier alpha value is -1.62. The molecule has 0 aliphatic heterocycles. The summed E-state index contributed by atoms with van der Waals surface area (Å²) in [5, 5.41) is 0. The predicted octanol–water partition coefficient (Wildman–Crippen LogP) is 2.18.